The van der Waals surface area contributed by atoms with Crippen LogP contribution in [0.1, 0.15) is 25.8 Å². The van der Waals surface area contributed by atoms with Crippen LogP contribution >= 0.6 is 0 Å². The van der Waals surface area contributed by atoms with E-state index in [1.165, 1.54) is 0 Å². The first-order chi connectivity index (χ1) is 16.6. The van der Waals surface area contributed by atoms with Crippen LogP contribution in [0, 0.1) is 5.92 Å². The van der Waals surface area contributed by atoms with Gasteiger partial charge in [-0.2, -0.15) is 0 Å². The maximum Gasteiger partial charge on any atom is 0.328 e. The minimum atomic E-state index is -1.60. The van der Waals surface area contributed by atoms with Crippen LogP contribution in [0.25, 0.3) is 10.9 Å². The zero-order valence-corrected chi connectivity index (χ0v) is 19.7. The molecule has 5 unspecified atom stereocenters. The molecule has 0 aliphatic heterocycles. The molecule has 0 aliphatic rings. The van der Waals surface area contributed by atoms with E-state index in [1.807, 2.05) is 36.5 Å². The minimum absolute atomic E-state index is 0.226. The van der Waals surface area contributed by atoms with Gasteiger partial charge in [0.2, 0.25) is 17.7 Å². The molecule has 5 atom stereocenters. The molecule has 12 nitrogen and oxygen atoms in total. The Morgan fingerprint density at radius 3 is 2.20 bits per heavy atom. The largest absolute Gasteiger partial charge is 0.480 e. The molecule has 1 heterocycles. The number of nitrogens with one attached hydrogen (secondary N) is 4. The van der Waals surface area contributed by atoms with Crippen molar-refractivity contribution in [2.75, 3.05) is 13.2 Å². The van der Waals surface area contributed by atoms with Crippen LogP contribution in [-0.2, 0) is 25.6 Å². The molecular weight excluding hydrogens is 458 g/mol. The molecule has 1 aromatic heterocycles. The van der Waals surface area contributed by atoms with Gasteiger partial charge in [0.25, 0.3) is 0 Å². The van der Waals surface area contributed by atoms with Crippen LogP contribution < -0.4 is 21.7 Å². The van der Waals surface area contributed by atoms with Gasteiger partial charge < -0.3 is 42.0 Å². The van der Waals surface area contributed by atoms with Crippen molar-refractivity contribution in [2.45, 2.75) is 50.9 Å². The van der Waals surface area contributed by atoms with E-state index in [4.69, 9.17) is 15.9 Å². The molecule has 0 fully saturated rings. The number of fused-ring (bicyclic) bond motifs is 1. The molecule has 35 heavy (non-hydrogen) atoms. The lowest BCUT2D eigenvalue weighted by molar-refractivity contribution is -0.143. The van der Waals surface area contributed by atoms with Gasteiger partial charge in [0, 0.05) is 17.1 Å². The molecule has 3 amide bonds. The number of aliphatic carboxylic acids is 1. The maximum atomic E-state index is 12.9. The number of benzene rings is 1. The Kier molecular flexibility index (Phi) is 10.2. The Hall–Kier alpha value is -3.48. The highest BCUT2D eigenvalue weighted by Crippen LogP contribution is 2.19. The number of carbonyl (C=O) groups excluding carboxylic acids is 3. The van der Waals surface area contributed by atoms with Crippen LogP contribution in [0.15, 0.2) is 30.5 Å². The number of amides is 3. The fourth-order valence-electron chi connectivity index (χ4n) is 3.51. The van der Waals surface area contributed by atoms with E-state index in [0.717, 1.165) is 16.5 Å². The molecule has 0 radical (unpaired) electrons. The van der Waals surface area contributed by atoms with Crippen molar-refractivity contribution in [1.82, 2.24) is 20.9 Å². The molecule has 0 saturated carbocycles. The van der Waals surface area contributed by atoms with Gasteiger partial charge in [-0.1, -0.05) is 38.5 Å². The van der Waals surface area contributed by atoms with E-state index >= 15 is 0 Å². The lowest BCUT2D eigenvalue weighted by atomic mass is 9.97. The van der Waals surface area contributed by atoms with Gasteiger partial charge in [-0.3, -0.25) is 14.4 Å². The fraction of sp³-hybridized carbons (Fsp3) is 0.478. The number of aliphatic hydroxyl groups is 2. The predicted molar refractivity (Wildman–Crippen MR) is 127 cm³/mol. The van der Waals surface area contributed by atoms with Crippen molar-refractivity contribution < 1.29 is 34.5 Å². The number of H-pyrrole nitrogens is 1. The summed E-state index contributed by atoms with van der Waals surface area (Å²) < 4.78 is 0. The monoisotopic (exact) mass is 491 g/mol. The number of aliphatic hydroxyl groups excluding tert-OH is 2. The highest BCUT2D eigenvalue weighted by atomic mass is 16.4. The Morgan fingerprint density at radius 2 is 1.60 bits per heavy atom. The zero-order valence-electron chi connectivity index (χ0n) is 19.7. The number of nitrogens with two attached hydrogens (primary N) is 1. The number of rotatable bonds is 13. The van der Waals surface area contributed by atoms with Crippen LogP contribution in [0.5, 0.6) is 0 Å². The summed E-state index contributed by atoms with van der Waals surface area (Å²) in [5.74, 6) is -4.11. The molecule has 0 aliphatic carbocycles. The second kappa shape index (κ2) is 12.8. The number of aromatic amines is 1. The van der Waals surface area contributed by atoms with Gasteiger partial charge in [-0.25, -0.2) is 4.79 Å². The topological polar surface area (TPSA) is 207 Å². The number of hydrogen-bond acceptors (Lipinski definition) is 7. The van der Waals surface area contributed by atoms with Crippen molar-refractivity contribution in [3.8, 4) is 0 Å². The van der Waals surface area contributed by atoms with E-state index < -0.39 is 61.1 Å². The third kappa shape index (κ3) is 7.25. The Labute approximate surface area is 202 Å². The third-order valence-electron chi connectivity index (χ3n) is 5.86. The van der Waals surface area contributed by atoms with E-state index in [2.05, 4.69) is 15.6 Å². The standard InChI is InChI=1S/C23H33N5O7/c1-3-12(2)19(22(33)26-17(10-29)21(32)27-18(11-30)23(34)35)28-20(31)15(24)8-13-9-25-16-7-5-4-6-14(13)16/h4-7,9,12,15,17-19,25,29-30H,3,8,10-11,24H2,1-2H3,(H,26,33)(H,27,32)(H,28,31)(H,34,35). The molecule has 0 saturated heterocycles. The molecule has 1 aromatic carbocycles. The van der Waals surface area contributed by atoms with Crippen LogP contribution in [0.4, 0.5) is 0 Å². The summed E-state index contributed by atoms with van der Waals surface area (Å²) in [5, 5.41) is 35.5. The van der Waals surface area contributed by atoms with E-state index in [0.29, 0.717) is 6.42 Å². The minimum Gasteiger partial charge on any atom is -0.480 e. The first-order valence-electron chi connectivity index (χ1n) is 11.3. The maximum absolute atomic E-state index is 12.9. The van der Waals surface area contributed by atoms with Crippen LogP contribution in [-0.4, -0.2) is 81.4 Å². The molecule has 9 N–H and O–H groups in total. The number of hydrogen-bond donors (Lipinski definition) is 8. The molecule has 2 rings (SSSR count). The first-order valence-corrected chi connectivity index (χ1v) is 11.3. The van der Waals surface area contributed by atoms with Crippen molar-refractivity contribution in [3.05, 3.63) is 36.0 Å². The Balaban J connectivity index is 2.07. The van der Waals surface area contributed by atoms with Crippen molar-refractivity contribution in [2.24, 2.45) is 11.7 Å². The average molecular weight is 492 g/mol. The van der Waals surface area contributed by atoms with Gasteiger partial charge >= 0.3 is 5.97 Å². The molecular formula is C23H33N5O7. The number of carbonyl (C=O) groups is 4. The number of carboxylic acids is 1. The second-order valence-corrected chi connectivity index (χ2v) is 8.37. The number of para-hydroxylation sites is 1. The predicted octanol–water partition coefficient (Wildman–Crippen LogP) is -1.39. The quantitative estimate of drug-likeness (QED) is 0.167. The Bertz CT molecular complexity index is 1040. The SMILES string of the molecule is CCC(C)C(NC(=O)C(N)Cc1c[nH]c2ccccc12)C(=O)NC(CO)C(=O)NC(CO)C(=O)O. The van der Waals surface area contributed by atoms with Gasteiger partial charge in [-0.15, -0.1) is 0 Å². The molecule has 2 aromatic rings. The number of carboxylic acid groups (broad SMARTS) is 1. The highest BCUT2D eigenvalue weighted by molar-refractivity contribution is 5.94. The van der Waals surface area contributed by atoms with Crippen molar-refractivity contribution in [3.63, 3.8) is 0 Å². The fourth-order valence-corrected chi connectivity index (χ4v) is 3.51. The lowest BCUT2D eigenvalue weighted by Gasteiger charge is -2.27. The summed E-state index contributed by atoms with van der Waals surface area (Å²) in [6, 6.07) is 2.48. The highest BCUT2D eigenvalue weighted by Gasteiger charge is 2.32. The smallest absolute Gasteiger partial charge is 0.328 e. The van der Waals surface area contributed by atoms with Crippen LogP contribution in [0.3, 0.4) is 0 Å². The summed E-state index contributed by atoms with van der Waals surface area (Å²) in [7, 11) is 0. The van der Waals surface area contributed by atoms with E-state index in [9.17, 15) is 24.3 Å². The first kappa shape index (κ1) is 27.8. The van der Waals surface area contributed by atoms with Crippen LogP contribution in [0.2, 0.25) is 0 Å². The molecule has 12 heteroatoms. The zero-order chi connectivity index (χ0) is 26.1. The summed E-state index contributed by atoms with van der Waals surface area (Å²) in [6.07, 6.45) is 2.51. The van der Waals surface area contributed by atoms with Gasteiger partial charge in [0.05, 0.1) is 19.3 Å². The summed E-state index contributed by atoms with van der Waals surface area (Å²) >= 11 is 0. The van der Waals surface area contributed by atoms with Gasteiger partial charge in [-0.05, 0) is 24.0 Å². The average Bonchev–Trinajstić information content (AvgIpc) is 3.25. The lowest BCUT2D eigenvalue weighted by Crippen LogP contribution is -2.59. The molecule has 192 valence electrons. The normalized spacial score (nSPS) is 15.5. The van der Waals surface area contributed by atoms with E-state index in [-0.39, 0.29) is 12.3 Å². The van der Waals surface area contributed by atoms with Crippen molar-refractivity contribution >= 4 is 34.6 Å². The van der Waals surface area contributed by atoms with E-state index in [1.54, 1.807) is 13.1 Å². The molecule has 0 bridgehead atoms. The molecule has 0 spiro atoms. The van der Waals surface area contributed by atoms with Crippen molar-refractivity contribution in [1.29, 1.82) is 0 Å². The van der Waals surface area contributed by atoms with Gasteiger partial charge in [0.15, 0.2) is 0 Å². The second-order valence-electron chi connectivity index (χ2n) is 8.37. The number of aromatic nitrogens is 1. The summed E-state index contributed by atoms with van der Waals surface area (Å²) in [6.45, 7) is 1.86. The third-order valence-corrected chi connectivity index (χ3v) is 5.86. The van der Waals surface area contributed by atoms with Gasteiger partial charge in [0.1, 0.15) is 18.1 Å². The Morgan fingerprint density at radius 1 is 0.971 bits per heavy atom. The summed E-state index contributed by atoms with van der Waals surface area (Å²) in [5.41, 5.74) is 7.88. The summed E-state index contributed by atoms with van der Waals surface area (Å²) in [4.78, 5) is 52.2.